The van der Waals surface area contributed by atoms with Crippen molar-refractivity contribution < 1.29 is 36.5 Å². The van der Waals surface area contributed by atoms with Crippen LogP contribution in [0.3, 0.4) is 0 Å². The Morgan fingerprint density at radius 3 is 2.40 bits per heavy atom. The molecule has 11 nitrogen and oxygen atoms in total. The predicted octanol–water partition coefficient (Wildman–Crippen LogP) is 4.48. The molecule has 1 aromatic heterocycles. The van der Waals surface area contributed by atoms with Crippen LogP contribution < -0.4 is 20.1 Å². The second kappa shape index (κ2) is 14.5. The van der Waals surface area contributed by atoms with Crippen LogP contribution in [0.15, 0.2) is 42.5 Å². The molecule has 2 heterocycles. The van der Waals surface area contributed by atoms with Gasteiger partial charge in [0.25, 0.3) is 5.82 Å². The maximum absolute atomic E-state index is 16.0. The van der Waals surface area contributed by atoms with E-state index >= 15 is 4.39 Å². The first-order valence-electron chi connectivity index (χ1n) is 14.3. The lowest BCUT2D eigenvalue weighted by molar-refractivity contribution is -0.647. The fraction of sp³-hybridized carbons (Fsp3) is 0.400. The van der Waals surface area contributed by atoms with Crippen LogP contribution in [0, 0.1) is 0 Å². The van der Waals surface area contributed by atoms with Gasteiger partial charge in [0.2, 0.25) is 5.91 Å². The number of hydrogen-bond donors (Lipinski definition) is 1. The largest absolute Gasteiger partial charge is 0.748 e. The van der Waals surface area contributed by atoms with Gasteiger partial charge in [0.15, 0.2) is 17.2 Å². The molecule has 0 saturated carbocycles. The topological polar surface area (TPSA) is 134 Å². The van der Waals surface area contributed by atoms with E-state index < -0.39 is 34.1 Å². The van der Waals surface area contributed by atoms with Gasteiger partial charge < -0.3 is 20.1 Å². The zero-order valence-corrected chi connectivity index (χ0v) is 27.7. The molecule has 0 fully saturated rings. The normalized spacial score (nSPS) is 16.0. The third-order valence-corrected chi connectivity index (χ3v) is 9.18. The van der Waals surface area contributed by atoms with Crippen molar-refractivity contribution >= 4 is 67.7 Å². The number of nitrogens with zero attached hydrogens (tertiary/aromatic N) is 4. The first kappa shape index (κ1) is 34.7. The van der Waals surface area contributed by atoms with E-state index in [-0.39, 0.29) is 30.2 Å². The average molecular weight is 685 g/mol. The van der Waals surface area contributed by atoms with Crippen LogP contribution in [0.2, 0.25) is 10.0 Å². The molecule has 2 N–H and O–H groups in total. The number of alkyl halides is 1. The highest BCUT2D eigenvalue weighted by Crippen LogP contribution is 2.44. The Hall–Kier alpha value is -3.20. The number of rotatable bonds is 14. The molecule has 1 amide bonds. The summed E-state index contributed by atoms with van der Waals surface area (Å²) in [7, 11) is -1.19. The highest BCUT2D eigenvalue weighted by Gasteiger charge is 2.39. The summed E-state index contributed by atoms with van der Waals surface area (Å²) in [6, 6.07) is 6.84. The fourth-order valence-corrected chi connectivity index (χ4v) is 6.65. The summed E-state index contributed by atoms with van der Waals surface area (Å²) in [6.07, 6.45) is 4.50. The van der Waals surface area contributed by atoms with E-state index in [1.807, 2.05) is 45.9 Å². The van der Waals surface area contributed by atoms with Gasteiger partial charge in [-0.05, 0) is 44.5 Å². The number of anilines is 2. The number of aromatic nitrogens is 2. The second-order valence-electron chi connectivity index (χ2n) is 10.4. The van der Waals surface area contributed by atoms with Crippen LogP contribution in [0.1, 0.15) is 42.0 Å². The molecular weight excluding hydrogens is 648 g/mol. The summed E-state index contributed by atoms with van der Waals surface area (Å²) in [5.41, 5.74) is 9.23. The number of hydrogen-bond acceptors (Lipinski definition) is 8. The Bertz CT molecular complexity index is 1750. The molecule has 0 saturated heterocycles. The highest BCUT2D eigenvalue weighted by molar-refractivity contribution is 7.85. The monoisotopic (exact) mass is 683 g/mol. The molecule has 15 heteroatoms. The number of benzene rings is 2. The lowest BCUT2D eigenvalue weighted by Crippen LogP contribution is -2.49. The summed E-state index contributed by atoms with van der Waals surface area (Å²) in [5, 5.41) is 0.661. The maximum atomic E-state index is 16.0. The van der Waals surface area contributed by atoms with Gasteiger partial charge in [-0.25, -0.2) is 31.7 Å². The third kappa shape index (κ3) is 7.45. The van der Waals surface area contributed by atoms with Crippen molar-refractivity contribution in [3.63, 3.8) is 0 Å². The third-order valence-electron chi connectivity index (χ3n) is 7.73. The summed E-state index contributed by atoms with van der Waals surface area (Å²) in [5.74, 6) is -0.510. The number of allylic oxidation sites excluding steroid dienone is 2. The lowest BCUT2D eigenvalue weighted by atomic mass is 10.1. The van der Waals surface area contributed by atoms with E-state index in [2.05, 4.69) is 0 Å². The zero-order chi connectivity index (χ0) is 33.1. The van der Waals surface area contributed by atoms with Crippen molar-refractivity contribution in [2.45, 2.75) is 45.8 Å². The molecule has 0 aliphatic carbocycles. The number of fused-ring (bicyclic) bond motifs is 2. The van der Waals surface area contributed by atoms with E-state index in [1.54, 1.807) is 36.4 Å². The molecule has 244 valence electrons. The van der Waals surface area contributed by atoms with Crippen molar-refractivity contribution in [2.75, 3.05) is 35.8 Å². The van der Waals surface area contributed by atoms with Gasteiger partial charge in [0.05, 0.1) is 57.8 Å². The smallest absolute Gasteiger partial charge is 0.282 e. The Morgan fingerprint density at radius 2 is 1.80 bits per heavy atom. The van der Waals surface area contributed by atoms with Gasteiger partial charge in [-0.1, -0.05) is 35.4 Å². The minimum Gasteiger partial charge on any atom is -0.748 e. The molecule has 4 rings (SSSR count). The predicted molar refractivity (Wildman–Crippen MR) is 172 cm³/mol. The van der Waals surface area contributed by atoms with Gasteiger partial charge in [-0.2, -0.15) is 0 Å². The van der Waals surface area contributed by atoms with Gasteiger partial charge in [-0.3, -0.25) is 4.79 Å². The molecule has 1 aliphatic heterocycles. The first-order chi connectivity index (χ1) is 21.3. The van der Waals surface area contributed by atoms with Crippen molar-refractivity contribution in [3.8, 4) is 0 Å². The number of halogens is 3. The molecule has 2 unspecified atom stereocenters. The van der Waals surface area contributed by atoms with Gasteiger partial charge >= 0.3 is 0 Å². The molecule has 0 bridgehead atoms. The number of amides is 1. The van der Waals surface area contributed by atoms with E-state index in [4.69, 9.17) is 38.7 Å². The van der Waals surface area contributed by atoms with Gasteiger partial charge in [-0.15, -0.1) is 0 Å². The number of primary amides is 1. The van der Waals surface area contributed by atoms with Crippen LogP contribution >= 0.6 is 23.2 Å². The fourth-order valence-electron chi connectivity index (χ4n) is 5.70. The van der Waals surface area contributed by atoms with E-state index in [0.717, 1.165) is 16.7 Å². The summed E-state index contributed by atoms with van der Waals surface area (Å²) >= 11 is 12.8. The Labute approximate surface area is 271 Å². The first-order valence-corrected chi connectivity index (χ1v) is 16.6. The van der Waals surface area contributed by atoms with E-state index in [0.29, 0.717) is 35.2 Å². The van der Waals surface area contributed by atoms with Crippen molar-refractivity contribution in [1.29, 1.82) is 0 Å². The molecule has 1 aliphatic rings. The second-order valence-corrected chi connectivity index (χ2v) is 12.7. The molecule has 45 heavy (non-hydrogen) atoms. The molecule has 2 atom stereocenters. The van der Waals surface area contributed by atoms with Crippen molar-refractivity contribution in [3.05, 3.63) is 69.5 Å². The SMILES string of the molecule is CCN1c2cc(Cl)c(C(N)=O)cc2N(CC)C1C(F)/C=C\C=C\c1n(CCCS(=O)(=O)[O-])c2cc(COOC)c(Cl)cc2[n+]1C. The summed E-state index contributed by atoms with van der Waals surface area (Å²) in [4.78, 5) is 25.4. The minimum absolute atomic E-state index is 0.0888. The number of imidazole rings is 1. The van der Waals surface area contributed by atoms with Crippen LogP contribution in [-0.2, 0) is 40.1 Å². The van der Waals surface area contributed by atoms with Crippen LogP contribution in [0.5, 0.6) is 0 Å². The zero-order valence-electron chi connectivity index (χ0n) is 25.4. The van der Waals surface area contributed by atoms with Gasteiger partial charge in [0, 0.05) is 36.5 Å². The Kier molecular flexibility index (Phi) is 11.2. The molecule has 0 spiro atoms. The van der Waals surface area contributed by atoms with Crippen LogP contribution in [0.4, 0.5) is 15.8 Å². The summed E-state index contributed by atoms with van der Waals surface area (Å²) < 4.78 is 53.6. The maximum Gasteiger partial charge on any atom is 0.282 e. The number of aryl methyl sites for hydroxylation is 2. The Morgan fingerprint density at radius 1 is 1.13 bits per heavy atom. The molecule has 3 aromatic rings. The summed E-state index contributed by atoms with van der Waals surface area (Å²) in [6.45, 7) is 5.12. The van der Waals surface area contributed by atoms with E-state index in [9.17, 15) is 17.8 Å². The number of carbonyl (C=O) groups is 1. The minimum atomic E-state index is -4.40. The molecule has 0 radical (unpaired) electrons. The van der Waals surface area contributed by atoms with Crippen molar-refractivity contribution in [2.24, 2.45) is 12.8 Å². The van der Waals surface area contributed by atoms with Crippen molar-refractivity contribution in [1.82, 2.24) is 4.57 Å². The van der Waals surface area contributed by atoms with Crippen LogP contribution in [-0.4, -0.2) is 61.7 Å². The quantitative estimate of drug-likeness (QED) is 0.0864. The lowest BCUT2D eigenvalue weighted by Gasteiger charge is -2.33. The highest BCUT2D eigenvalue weighted by atomic mass is 35.5. The van der Waals surface area contributed by atoms with Gasteiger partial charge in [0.1, 0.15) is 12.8 Å². The number of nitrogens with two attached hydrogens (primary N) is 1. The molecule has 2 aromatic carbocycles. The standard InChI is InChI=1S/C30H36Cl2FN5O6S/c1-5-36-26-15-20(29(34)39)22(32)17-27(26)37(6-2)30(36)23(33)10-7-8-11-28-35(3)24-16-21(31)19(18-44-43-4)14-25(24)38(28)12-9-13-45(40,41)42/h7-8,10-11,14-17,23,30H,5-6,9,12-13,18H2,1-4H3,(H2-,34,39,40,41,42)/b10-7-,11-8+. The van der Waals surface area contributed by atoms with Crippen LogP contribution in [0.25, 0.3) is 17.1 Å². The molecular formula is C30H36Cl2FN5O6S. The average Bonchev–Trinajstić information content (AvgIpc) is 3.42. The number of carbonyl (C=O) groups excluding carboxylic acids is 1. The Balaban J connectivity index is 1.65. The van der Waals surface area contributed by atoms with E-state index in [1.165, 1.54) is 13.2 Å².